The zero-order chi connectivity index (χ0) is 18.8. The first-order valence-corrected chi connectivity index (χ1v) is 9.00. The van der Waals surface area contributed by atoms with E-state index in [1.165, 1.54) is 0 Å². The average Bonchev–Trinajstić information content (AvgIpc) is 2.68. The molecule has 4 heteroatoms. The first-order chi connectivity index (χ1) is 13.1. The Kier molecular flexibility index (Phi) is 4.69. The minimum absolute atomic E-state index is 0.170. The van der Waals surface area contributed by atoms with Gasteiger partial charge in [0.15, 0.2) is 5.76 Å². The highest BCUT2D eigenvalue weighted by Crippen LogP contribution is 2.35. The third-order valence-electron chi connectivity index (χ3n) is 4.35. The van der Waals surface area contributed by atoms with Crippen LogP contribution in [0.2, 0.25) is 5.02 Å². The lowest BCUT2D eigenvalue weighted by Gasteiger charge is -2.13. The quantitative estimate of drug-likeness (QED) is 0.438. The summed E-state index contributed by atoms with van der Waals surface area (Å²) in [5.41, 5.74) is 2.91. The molecule has 1 heterocycles. The van der Waals surface area contributed by atoms with Crippen molar-refractivity contribution in [2.45, 2.75) is 13.5 Å². The van der Waals surface area contributed by atoms with Crippen molar-refractivity contribution in [2.75, 3.05) is 0 Å². The molecule has 4 aromatic rings. The summed E-state index contributed by atoms with van der Waals surface area (Å²) < 4.78 is 12.0. The van der Waals surface area contributed by atoms with Crippen LogP contribution in [-0.4, -0.2) is 0 Å². The van der Waals surface area contributed by atoms with Crippen LogP contribution < -0.4 is 10.2 Å². The molecule has 3 nitrogen and oxygen atoms in total. The van der Waals surface area contributed by atoms with Gasteiger partial charge in [-0.2, -0.15) is 0 Å². The lowest BCUT2D eigenvalue weighted by atomic mass is 10.1. The van der Waals surface area contributed by atoms with E-state index >= 15 is 0 Å². The summed E-state index contributed by atoms with van der Waals surface area (Å²) in [4.78, 5) is 13.1. The van der Waals surface area contributed by atoms with Crippen molar-refractivity contribution in [1.29, 1.82) is 0 Å². The predicted molar refractivity (Wildman–Crippen MR) is 108 cm³/mol. The van der Waals surface area contributed by atoms with E-state index in [1.807, 2.05) is 67.6 Å². The molecule has 0 aliphatic rings. The summed E-state index contributed by atoms with van der Waals surface area (Å²) in [5.74, 6) is 0.517. The number of benzene rings is 3. The number of aryl methyl sites for hydroxylation is 1. The van der Waals surface area contributed by atoms with E-state index < -0.39 is 0 Å². The fourth-order valence-corrected chi connectivity index (χ4v) is 3.19. The Balaban J connectivity index is 1.90. The van der Waals surface area contributed by atoms with Crippen LogP contribution in [0.15, 0.2) is 82.0 Å². The van der Waals surface area contributed by atoms with Crippen molar-refractivity contribution in [3.8, 4) is 17.1 Å². The van der Waals surface area contributed by atoms with E-state index in [2.05, 4.69) is 0 Å². The molecular weight excluding hydrogens is 360 g/mol. The molecule has 1 aromatic heterocycles. The molecular formula is C23H17ClO3. The van der Waals surface area contributed by atoms with E-state index in [-0.39, 0.29) is 17.8 Å². The van der Waals surface area contributed by atoms with Crippen molar-refractivity contribution >= 4 is 22.6 Å². The van der Waals surface area contributed by atoms with Crippen molar-refractivity contribution in [3.05, 3.63) is 99.2 Å². The van der Waals surface area contributed by atoms with Crippen molar-refractivity contribution in [3.63, 3.8) is 0 Å². The van der Waals surface area contributed by atoms with E-state index in [9.17, 15) is 4.79 Å². The third-order valence-corrected chi connectivity index (χ3v) is 4.68. The van der Waals surface area contributed by atoms with Gasteiger partial charge in [0.05, 0.1) is 10.4 Å². The van der Waals surface area contributed by atoms with Gasteiger partial charge < -0.3 is 9.15 Å². The fraction of sp³-hybridized carbons (Fsp3) is 0.0870. The number of halogens is 1. The molecule has 0 amide bonds. The Morgan fingerprint density at radius 1 is 0.963 bits per heavy atom. The van der Waals surface area contributed by atoms with Crippen LogP contribution in [0, 0.1) is 6.92 Å². The smallest absolute Gasteiger partial charge is 0.235 e. The predicted octanol–water partition coefficient (Wildman–Crippen LogP) is 6.00. The third kappa shape index (κ3) is 3.46. The SMILES string of the molecule is Cc1ccc2c(=O)c(OCc3ccccc3)c(-c3ccccc3Cl)oc2c1. The topological polar surface area (TPSA) is 39.4 Å². The van der Waals surface area contributed by atoms with Crippen molar-refractivity contribution in [2.24, 2.45) is 0 Å². The minimum Gasteiger partial charge on any atom is -0.481 e. The zero-order valence-corrected chi connectivity index (χ0v) is 15.5. The second-order valence-electron chi connectivity index (χ2n) is 6.34. The van der Waals surface area contributed by atoms with Crippen LogP contribution in [-0.2, 0) is 6.61 Å². The van der Waals surface area contributed by atoms with Crippen LogP contribution in [0.4, 0.5) is 0 Å². The van der Waals surface area contributed by atoms with Gasteiger partial charge in [-0.1, -0.05) is 60.1 Å². The fourth-order valence-electron chi connectivity index (χ4n) is 2.97. The first kappa shape index (κ1) is 17.4. The standard InChI is InChI=1S/C23H17ClO3/c1-15-11-12-18-20(13-15)27-22(17-9-5-6-10-19(17)24)23(21(18)25)26-14-16-7-3-2-4-8-16/h2-13H,14H2,1H3. The highest BCUT2D eigenvalue weighted by molar-refractivity contribution is 6.33. The molecule has 0 saturated heterocycles. The number of ether oxygens (including phenoxy) is 1. The molecule has 0 aliphatic carbocycles. The van der Waals surface area contributed by atoms with Gasteiger partial charge >= 0.3 is 0 Å². The Bertz CT molecular complexity index is 1160. The lowest BCUT2D eigenvalue weighted by molar-refractivity contribution is 0.298. The first-order valence-electron chi connectivity index (χ1n) is 8.62. The molecule has 0 radical (unpaired) electrons. The summed E-state index contributed by atoms with van der Waals surface area (Å²) in [6.45, 7) is 2.22. The van der Waals surface area contributed by atoms with E-state index in [0.717, 1.165) is 11.1 Å². The Morgan fingerprint density at radius 2 is 1.70 bits per heavy atom. The maximum absolute atomic E-state index is 13.1. The number of hydrogen-bond donors (Lipinski definition) is 0. The summed E-state index contributed by atoms with van der Waals surface area (Å²) in [6, 6.07) is 22.4. The molecule has 0 bridgehead atoms. The van der Waals surface area contributed by atoms with Gasteiger partial charge in [0.2, 0.25) is 11.2 Å². The van der Waals surface area contributed by atoms with Crippen LogP contribution in [0.5, 0.6) is 5.75 Å². The molecule has 4 rings (SSSR count). The molecule has 0 unspecified atom stereocenters. The maximum atomic E-state index is 13.1. The van der Waals surface area contributed by atoms with Gasteiger partial charge in [-0.3, -0.25) is 4.79 Å². The highest BCUT2D eigenvalue weighted by Gasteiger charge is 2.19. The molecule has 0 N–H and O–H groups in total. The summed E-state index contributed by atoms with van der Waals surface area (Å²) in [6.07, 6.45) is 0. The maximum Gasteiger partial charge on any atom is 0.235 e. The number of fused-ring (bicyclic) bond motifs is 1. The lowest BCUT2D eigenvalue weighted by Crippen LogP contribution is -2.10. The van der Waals surface area contributed by atoms with E-state index in [1.54, 1.807) is 12.1 Å². The number of rotatable bonds is 4. The summed E-state index contributed by atoms with van der Waals surface area (Å²) in [5, 5.41) is 0.983. The molecule has 0 aliphatic heterocycles. The summed E-state index contributed by atoms with van der Waals surface area (Å²) in [7, 11) is 0. The normalized spacial score (nSPS) is 10.9. The largest absolute Gasteiger partial charge is 0.481 e. The Labute approximate surface area is 161 Å². The molecule has 0 spiro atoms. The average molecular weight is 377 g/mol. The van der Waals surface area contributed by atoms with Crippen molar-refractivity contribution < 1.29 is 9.15 Å². The van der Waals surface area contributed by atoms with Crippen LogP contribution >= 0.6 is 11.6 Å². The molecule has 3 aromatic carbocycles. The summed E-state index contributed by atoms with van der Waals surface area (Å²) >= 11 is 6.37. The van der Waals surface area contributed by atoms with Gasteiger partial charge in [-0.05, 0) is 42.3 Å². The van der Waals surface area contributed by atoms with Gasteiger partial charge in [0, 0.05) is 5.56 Å². The monoisotopic (exact) mass is 376 g/mol. The van der Waals surface area contributed by atoms with Gasteiger partial charge in [0.1, 0.15) is 12.2 Å². The molecule has 0 saturated carbocycles. The number of hydrogen-bond acceptors (Lipinski definition) is 3. The highest BCUT2D eigenvalue weighted by atomic mass is 35.5. The Hall–Kier alpha value is -3.04. The van der Waals surface area contributed by atoms with Gasteiger partial charge in [0.25, 0.3) is 0 Å². The Morgan fingerprint density at radius 3 is 2.48 bits per heavy atom. The second kappa shape index (κ2) is 7.29. The van der Waals surface area contributed by atoms with Crippen LogP contribution in [0.3, 0.4) is 0 Å². The van der Waals surface area contributed by atoms with E-state index in [0.29, 0.717) is 27.3 Å². The molecule has 0 fully saturated rings. The van der Waals surface area contributed by atoms with E-state index in [4.69, 9.17) is 20.8 Å². The zero-order valence-electron chi connectivity index (χ0n) is 14.7. The van der Waals surface area contributed by atoms with Gasteiger partial charge in [-0.25, -0.2) is 0 Å². The minimum atomic E-state index is -0.206. The second-order valence-corrected chi connectivity index (χ2v) is 6.75. The molecule has 134 valence electrons. The molecule has 27 heavy (non-hydrogen) atoms. The molecule has 0 atom stereocenters. The van der Waals surface area contributed by atoms with Crippen LogP contribution in [0.25, 0.3) is 22.3 Å². The van der Waals surface area contributed by atoms with Crippen LogP contribution in [0.1, 0.15) is 11.1 Å². The van der Waals surface area contributed by atoms with Crippen molar-refractivity contribution in [1.82, 2.24) is 0 Å². The van der Waals surface area contributed by atoms with Gasteiger partial charge in [-0.15, -0.1) is 0 Å².